The molecule has 1 spiro atoms. The van der Waals surface area contributed by atoms with E-state index in [2.05, 4.69) is 56.4 Å². The van der Waals surface area contributed by atoms with Crippen LogP contribution in [0, 0.1) is 11.3 Å². The van der Waals surface area contributed by atoms with E-state index in [0.717, 1.165) is 23.2 Å². The van der Waals surface area contributed by atoms with Gasteiger partial charge < -0.3 is 9.74 Å². The number of sulfonamides is 1. The minimum atomic E-state index is -3.93. The van der Waals surface area contributed by atoms with Gasteiger partial charge in [0, 0.05) is 12.6 Å². The van der Waals surface area contributed by atoms with E-state index in [0.29, 0.717) is 13.0 Å². The van der Waals surface area contributed by atoms with Crippen LogP contribution < -0.4 is 15.7 Å². The molecule has 1 aliphatic carbocycles. The molecule has 2 aliphatic heterocycles. The van der Waals surface area contributed by atoms with Crippen molar-refractivity contribution in [2.45, 2.75) is 62.1 Å². The molecule has 2 heterocycles. The highest BCUT2D eigenvalue weighted by atomic mass is 32.2. The van der Waals surface area contributed by atoms with Crippen LogP contribution in [0.5, 0.6) is 0 Å². The molecule has 42 heavy (non-hydrogen) atoms. The summed E-state index contributed by atoms with van der Waals surface area (Å²) in [5.74, 6) is 0.0573. The molecule has 2 saturated heterocycles. The van der Waals surface area contributed by atoms with E-state index in [1.165, 1.54) is 0 Å². The molecule has 3 aromatic carbocycles. The molecule has 3 aromatic rings. The third-order valence-electron chi connectivity index (χ3n) is 9.63. The minimum absolute atomic E-state index is 0.0330. The Hall–Kier alpha value is -3.04. The zero-order valence-electron chi connectivity index (χ0n) is 24.6. The normalized spacial score (nSPS) is 26.4. The third kappa shape index (κ3) is 4.51. The fourth-order valence-corrected chi connectivity index (χ4v) is 14.2. The molecule has 0 radical (unpaired) electrons. The van der Waals surface area contributed by atoms with Crippen LogP contribution in [0.3, 0.4) is 0 Å². The number of benzene rings is 3. The van der Waals surface area contributed by atoms with Crippen molar-refractivity contribution < 1.29 is 17.6 Å². The van der Waals surface area contributed by atoms with Crippen LogP contribution in [-0.2, 0) is 19.2 Å². The van der Waals surface area contributed by atoms with Gasteiger partial charge in [0.2, 0.25) is 15.9 Å². The van der Waals surface area contributed by atoms with E-state index >= 15 is 0 Å². The van der Waals surface area contributed by atoms with Crippen LogP contribution in [0.1, 0.15) is 40.0 Å². The number of carbonyl (C=O) groups is 1. The summed E-state index contributed by atoms with van der Waals surface area (Å²) in [6.07, 6.45) is 6.10. The lowest BCUT2D eigenvalue weighted by atomic mass is 9.62. The van der Waals surface area contributed by atoms with E-state index in [9.17, 15) is 13.2 Å². The molecular weight excluding hydrogens is 561 g/mol. The second kappa shape index (κ2) is 10.9. The first kappa shape index (κ1) is 29.0. The summed E-state index contributed by atoms with van der Waals surface area (Å²) in [6, 6.07) is 28.3. The lowest BCUT2D eigenvalue weighted by Gasteiger charge is -2.46. The highest BCUT2D eigenvalue weighted by molar-refractivity contribution is 7.89. The van der Waals surface area contributed by atoms with Gasteiger partial charge in [-0.25, -0.2) is 8.42 Å². The van der Waals surface area contributed by atoms with Crippen molar-refractivity contribution in [1.29, 1.82) is 0 Å². The maximum absolute atomic E-state index is 14.5. The smallest absolute Gasteiger partial charge is 0.261 e. The summed E-state index contributed by atoms with van der Waals surface area (Å²) in [4.78, 5) is 14.0. The molecule has 2 fully saturated rings. The quantitative estimate of drug-likeness (QED) is 0.321. The molecule has 8 heteroatoms. The topological polar surface area (TPSA) is 75.7 Å². The lowest BCUT2D eigenvalue weighted by molar-refractivity contribution is -0.138. The highest BCUT2D eigenvalue weighted by Crippen LogP contribution is 2.55. The van der Waals surface area contributed by atoms with Crippen molar-refractivity contribution in [1.82, 2.24) is 9.62 Å². The van der Waals surface area contributed by atoms with Gasteiger partial charge in [-0.05, 0) is 52.7 Å². The van der Waals surface area contributed by atoms with Gasteiger partial charge in [0.1, 0.15) is 0 Å². The Morgan fingerprint density at radius 2 is 1.50 bits per heavy atom. The molecule has 0 aromatic heterocycles. The number of allylic oxidation sites excluding steroid dienone is 1. The van der Waals surface area contributed by atoms with Crippen molar-refractivity contribution in [3.8, 4) is 0 Å². The zero-order chi connectivity index (χ0) is 29.6. The van der Waals surface area contributed by atoms with Crippen LogP contribution in [0.4, 0.5) is 0 Å². The van der Waals surface area contributed by atoms with Gasteiger partial charge in [-0.2, -0.15) is 4.31 Å². The molecule has 6 rings (SSSR count). The maximum Gasteiger partial charge on any atom is 0.261 e. The van der Waals surface area contributed by atoms with Gasteiger partial charge in [-0.15, -0.1) is 0 Å². The summed E-state index contributed by atoms with van der Waals surface area (Å²) in [7, 11) is -6.87. The zero-order valence-corrected chi connectivity index (χ0v) is 26.4. The molecule has 1 amide bonds. The Balaban J connectivity index is 1.48. The van der Waals surface area contributed by atoms with Crippen LogP contribution in [-0.4, -0.2) is 52.2 Å². The van der Waals surface area contributed by atoms with Crippen LogP contribution in [0.25, 0.3) is 0 Å². The predicted molar refractivity (Wildman–Crippen MR) is 169 cm³/mol. The molecular formula is C34H40N2O4SSi. The lowest BCUT2D eigenvalue weighted by Crippen LogP contribution is -2.67. The fourth-order valence-electron chi connectivity index (χ4n) is 7.79. The van der Waals surface area contributed by atoms with Crippen LogP contribution >= 0.6 is 0 Å². The number of piperidine rings is 1. The second-order valence-electron chi connectivity index (χ2n) is 12.9. The van der Waals surface area contributed by atoms with Crippen molar-refractivity contribution >= 4 is 34.6 Å². The molecule has 1 N–H and O–H groups in total. The summed E-state index contributed by atoms with van der Waals surface area (Å²) < 4.78 is 37.8. The average molecular weight is 601 g/mol. The second-order valence-corrected chi connectivity index (χ2v) is 19.0. The SMILES string of the molecule is CC(C)(C)[Si](OC[C@H]1C[C@]23C(=O)NCC[C@H]2CC=C[C@@H]3N1S(=O)(=O)c1ccccc1)(c1ccccc1)c1ccccc1. The maximum atomic E-state index is 14.5. The Morgan fingerprint density at radius 3 is 2.07 bits per heavy atom. The molecule has 3 aliphatic rings. The Morgan fingerprint density at radius 1 is 0.929 bits per heavy atom. The minimum Gasteiger partial charge on any atom is -0.406 e. The first-order valence-corrected chi connectivity index (χ1v) is 18.3. The van der Waals surface area contributed by atoms with E-state index in [-0.39, 0.29) is 28.4 Å². The number of rotatable bonds is 7. The molecule has 0 bridgehead atoms. The van der Waals surface area contributed by atoms with Crippen LogP contribution in [0.15, 0.2) is 108 Å². The molecule has 6 nitrogen and oxygen atoms in total. The van der Waals surface area contributed by atoms with Gasteiger partial charge >= 0.3 is 0 Å². The summed E-state index contributed by atoms with van der Waals surface area (Å²) >= 11 is 0. The van der Waals surface area contributed by atoms with Crippen molar-refractivity contribution in [3.63, 3.8) is 0 Å². The predicted octanol–water partition coefficient (Wildman–Crippen LogP) is 4.48. The number of nitrogens with zero attached hydrogens (tertiary/aromatic N) is 1. The van der Waals surface area contributed by atoms with E-state index in [1.807, 2.05) is 48.5 Å². The van der Waals surface area contributed by atoms with Gasteiger partial charge in [-0.3, -0.25) is 4.79 Å². The fraction of sp³-hybridized carbons (Fsp3) is 0.382. The largest absolute Gasteiger partial charge is 0.406 e. The highest BCUT2D eigenvalue weighted by Gasteiger charge is 2.64. The Bertz CT molecular complexity index is 1520. The summed E-state index contributed by atoms with van der Waals surface area (Å²) in [6.45, 7) is 7.49. The number of hydrogen-bond donors (Lipinski definition) is 1. The Labute approximate surface area is 251 Å². The van der Waals surface area contributed by atoms with Gasteiger partial charge in [0.05, 0.1) is 23.0 Å². The first-order valence-electron chi connectivity index (χ1n) is 14.9. The van der Waals surface area contributed by atoms with E-state index < -0.39 is 35.8 Å². The summed E-state index contributed by atoms with van der Waals surface area (Å²) in [5.41, 5.74) is -0.811. The van der Waals surface area contributed by atoms with Gasteiger partial charge in [0.15, 0.2) is 0 Å². The molecule has 220 valence electrons. The average Bonchev–Trinajstić information content (AvgIpc) is 3.34. The van der Waals surface area contributed by atoms with E-state index in [4.69, 9.17) is 4.43 Å². The number of hydrogen-bond acceptors (Lipinski definition) is 4. The Kier molecular flexibility index (Phi) is 7.54. The third-order valence-corrected chi connectivity index (χ3v) is 16.6. The monoisotopic (exact) mass is 600 g/mol. The number of amides is 1. The molecule has 0 unspecified atom stereocenters. The molecule has 4 atom stereocenters. The van der Waals surface area contributed by atoms with Crippen molar-refractivity contribution in [3.05, 3.63) is 103 Å². The van der Waals surface area contributed by atoms with Crippen LogP contribution in [0.2, 0.25) is 5.04 Å². The summed E-state index contributed by atoms with van der Waals surface area (Å²) in [5, 5.41) is 5.12. The number of nitrogens with one attached hydrogen (secondary N) is 1. The van der Waals surface area contributed by atoms with Gasteiger partial charge in [-0.1, -0.05) is 112 Å². The molecule has 0 saturated carbocycles. The van der Waals surface area contributed by atoms with Crippen molar-refractivity contribution in [2.75, 3.05) is 13.2 Å². The van der Waals surface area contributed by atoms with E-state index in [1.54, 1.807) is 28.6 Å². The standard InChI is InChI=1S/C34H40N2O4SSi/c1-33(2,3)42(29-17-9-5-10-18-29,30-19-11-6-12-20-30)40-25-27-24-34-26(22-23-35-32(34)37)14-13-21-31(34)36(27)41(38,39)28-15-7-4-8-16-28/h4-13,15-21,26-27,31H,14,22-25H2,1-3H3,(H,35,37)/t26-,27-,31+,34+/m1/s1. The first-order chi connectivity index (χ1) is 20.1. The number of carbonyl (C=O) groups excluding carboxylic acids is 1. The van der Waals surface area contributed by atoms with Crippen molar-refractivity contribution in [2.24, 2.45) is 11.3 Å². The van der Waals surface area contributed by atoms with Gasteiger partial charge in [0.25, 0.3) is 8.32 Å².